The van der Waals surface area contributed by atoms with Crippen molar-refractivity contribution < 1.29 is 21.4 Å². The van der Waals surface area contributed by atoms with E-state index in [-0.39, 0.29) is 29.6 Å². The summed E-state index contributed by atoms with van der Waals surface area (Å²) in [6.07, 6.45) is 0. The summed E-state index contributed by atoms with van der Waals surface area (Å²) >= 11 is 0. The van der Waals surface area contributed by atoms with Gasteiger partial charge >= 0.3 is 48.8 Å². The van der Waals surface area contributed by atoms with Gasteiger partial charge in [-0.05, 0) is 0 Å². The van der Waals surface area contributed by atoms with Crippen molar-refractivity contribution >= 4 is 48.8 Å². The third-order valence-electron chi connectivity index (χ3n) is 0.308. The van der Waals surface area contributed by atoms with Crippen LogP contribution >= 0.6 is 0 Å². The fourth-order valence-electron chi connectivity index (χ4n) is 0.0860. The summed E-state index contributed by atoms with van der Waals surface area (Å²) in [5.41, 5.74) is 0. The van der Waals surface area contributed by atoms with Crippen LogP contribution in [0.1, 0.15) is 0 Å². The van der Waals surface area contributed by atoms with Gasteiger partial charge in [-0.3, -0.25) is 8.74 Å². The minimum atomic E-state index is -4.50. The Bertz CT molecular complexity index is 181. The van der Waals surface area contributed by atoms with Crippen LogP contribution in [-0.2, 0) is 23.4 Å². The summed E-state index contributed by atoms with van der Waals surface area (Å²) in [6.45, 7) is 0. The Hall–Kier alpha value is 1.02. The Morgan fingerprint density at radius 3 is 1.89 bits per heavy atom. The Labute approximate surface area is 76.9 Å². The molecule has 0 bridgehead atoms. The second-order valence-corrected chi connectivity index (χ2v) is 4.48. The molecule has 1 N–H and O–H groups in total. The first-order valence-corrected chi connectivity index (χ1v) is 4.46. The Kier molecular flexibility index (Phi) is 6.73. The zero-order valence-electron chi connectivity index (χ0n) is 3.90. The van der Waals surface area contributed by atoms with Gasteiger partial charge in [-0.25, -0.2) is 4.21 Å². The molecule has 9 heavy (non-hydrogen) atoms. The van der Waals surface area contributed by atoms with Crippen molar-refractivity contribution in [2.24, 2.45) is 0 Å². The molecule has 5 nitrogen and oxygen atoms in total. The molecule has 0 aromatic heterocycles. The van der Waals surface area contributed by atoms with Crippen molar-refractivity contribution in [2.45, 2.75) is 0 Å². The fraction of sp³-hybridized carbons (Fsp3) is 1.00. The first-order chi connectivity index (χ1) is 3.48. The van der Waals surface area contributed by atoms with Gasteiger partial charge in [-0.15, -0.1) is 0 Å². The molecule has 0 aromatic rings. The van der Waals surface area contributed by atoms with Crippen molar-refractivity contribution in [1.82, 2.24) is 0 Å². The molecule has 0 heterocycles. The molecule has 0 spiro atoms. The molecule has 0 aliphatic carbocycles. The minimum absolute atomic E-state index is 0. The summed E-state index contributed by atoms with van der Waals surface area (Å²) in [4.78, 5) is 0. The van der Waals surface area contributed by atoms with Crippen molar-refractivity contribution in [2.75, 3.05) is 7.11 Å². The second kappa shape index (κ2) is 4.78. The van der Waals surface area contributed by atoms with Crippen LogP contribution in [0, 0.1) is 0 Å². The first-order valence-electron chi connectivity index (χ1n) is 1.42. The summed E-state index contributed by atoms with van der Waals surface area (Å²) in [5.74, 6) is 0. The monoisotopic (exact) mass is 184 g/mol. The molecule has 52 valence electrons. The van der Waals surface area contributed by atoms with E-state index in [9.17, 15) is 12.6 Å². The first kappa shape index (κ1) is 12.7. The van der Waals surface area contributed by atoms with E-state index in [1.54, 1.807) is 0 Å². The molecule has 1 unspecified atom stereocenters. The van der Waals surface area contributed by atoms with E-state index in [4.69, 9.17) is 4.55 Å². The molecule has 0 saturated heterocycles. The molecule has 0 radical (unpaired) electrons. The van der Waals surface area contributed by atoms with Crippen molar-refractivity contribution in [1.29, 1.82) is 0 Å². The predicted octanol–water partition coefficient (Wildman–Crippen LogP) is -1.55. The summed E-state index contributed by atoms with van der Waals surface area (Å²) in [7, 11) is -6.21. The van der Waals surface area contributed by atoms with Gasteiger partial charge in [-0.2, -0.15) is 8.42 Å². The molecule has 0 saturated carbocycles. The van der Waals surface area contributed by atoms with E-state index in [2.05, 4.69) is 4.18 Å². The van der Waals surface area contributed by atoms with Crippen LogP contribution in [0.25, 0.3) is 0 Å². The molecular weight excluding hydrogens is 179 g/mol. The van der Waals surface area contributed by atoms with Crippen LogP contribution in [0.15, 0.2) is 0 Å². The third kappa shape index (κ3) is 5.46. The maximum atomic E-state index is 9.88. The van der Waals surface area contributed by atoms with Gasteiger partial charge in [0.05, 0.1) is 7.11 Å². The van der Waals surface area contributed by atoms with E-state index >= 15 is 0 Å². The molecule has 0 rings (SSSR count). The quantitative estimate of drug-likeness (QED) is 0.319. The van der Waals surface area contributed by atoms with Crippen LogP contribution in [0.4, 0.5) is 0 Å². The van der Waals surface area contributed by atoms with E-state index in [1.807, 2.05) is 0 Å². The van der Waals surface area contributed by atoms with Crippen LogP contribution < -0.4 is 0 Å². The summed E-state index contributed by atoms with van der Waals surface area (Å²) < 4.78 is 40.9. The number of rotatable bonds is 2. The molecule has 1 atom stereocenters. The maximum absolute atomic E-state index is 9.88. The Balaban J connectivity index is 0. The van der Waals surface area contributed by atoms with Crippen LogP contribution in [0.3, 0.4) is 0 Å². The van der Waals surface area contributed by atoms with Gasteiger partial charge in [-0.1, -0.05) is 0 Å². The van der Waals surface area contributed by atoms with Crippen LogP contribution in [0.2, 0.25) is 0 Å². The molecule has 0 amide bonds. The van der Waals surface area contributed by atoms with Gasteiger partial charge in [0.2, 0.25) is 0 Å². The fourth-order valence-corrected chi connectivity index (χ4v) is 0.774. The molecule has 0 aliphatic heterocycles. The zero-order valence-corrected chi connectivity index (χ0v) is 5.53. The predicted molar refractivity (Wildman–Crippen MR) is 33.8 cm³/mol. The van der Waals surface area contributed by atoms with Gasteiger partial charge in [0.25, 0.3) is 0 Å². The summed E-state index contributed by atoms with van der Waals surface area (Å²) in [6, 6.07) is 0. The van der Waals surface area contributed by atoms with E-state index in [0.29, 0.717) is 0 Å². The third-order valence-corrected chi connectivity index (χ3v) is 2.36. The second-order valence-electron chi connectivity index (χ2n) is 0.799. The molecule has 0 aliphatic rings. The van der Waals surface area contributed by atoms with Crippen LogP contribution in [0.5, 0.6) is 0 Å². The Morgan fingerprint density at radius 2 is 1.89 bits per heavy atom. The van der Waals surface area contributed by atoms with Crippen molar-refractivity contribution in [3.63, 3.8) is 0 Å². The average Bonchev–Trinajstić information content (AvgIpc) is 1.62. The molecule has 0 fully saturated rings. The number of hydrogen-bond donors (Lipinski definition) is 1. The van der Waals surface area contributed by atoms with Crippen molar-refractivity contribution in [3.8, 4) is 0 Å². The Morgan fingerprint density at radius 1 is 1.56 bits per heavy atom. The molecule has 8 heteroatoms. The van der Waals surface area contributed by atoms with E-state index in [0.717, 1.165) is 7.11 Å². The normalized spacial score (nSPS) is 14.0. The molecule has 0 aromatic carbocycles. The SMILES string of the molecule is COS(=O)S(=O)(=O)O.[NaH]. The average molecular weight is 184 g/mol. The molecular formula is CH5NaO5S2. The standard InChI is InChI=1S/CH4O5S2.Na.H/c1-6-7(2)8(3,4)5;;/h1H3,(H,3,4,5);;. The van der Waals surface area contributed by atoms with Gasteiger partial charge in [0.1, 0.15) is 0 Å². The number of hydrogen-bond acceptors (Lipinski definition) is 4. The van der Waals surface area contributed by atoms with E-state index < -0.39 is 19.3 Å². The van der Waals surface area contributed by atoms with Gasteiger partial charge < -0.3 is 0 Å². The van der Waals surface area contributed by atoms with Crippen molar-refractivity contribution in [3.05, 3.63) is 0 Å². The van der Waals surface area contributed by atoms with Gasteiger partial charge in [0, 0.05) is 0 Å². The van der Waals surface area contributed by atoms with E-state index in [1.165, 1.54) is 0 Å². The summed E-state index contributed by atoms with van der Waals surface area (Å²) in [5, 5.41) is 0. The van der Waals surface area contributed by atoms with Crippen LogP contribution in [-0.4, -0.2) is 53.8 Å². The topological polar surface area (TPSA) is 80.7 Å². The zero-order chi connectivity index (χ0) is 6.78. The van der Waals surface area contributed by atoms with Gasteiger partial charge in [0.15, 0.2) is 0 Å².